The van der Waals surface area contributed by atoms with Gasteiger partial charge in [-0.3, -0.25) is 10.1 Å². The molecule has 0 unspecified atom stereocenters. The molecule has 0 fully saturated rings. The minimum atomic E-state index is -0.444. The van der Waals surface area contributed by atoms with Crippen molar-refractivity contribution in [3.8, 4) is 0 Å². The van der Waals surface area contributed by atoms with Gasteiger partial charge in [0.1, 0.15) is 5.82 Å². The lowest BCUT2D eigenvalue weighted by atomic mass is 10.1. The summed E-state index contributed by atoms with van der Waals surface area (Å²) in [7, 11) is 0. The van der Waals surface area contributed by atoms with Crippen LogP contribution in [0.25, 0.3) is 0 Å². The van der Waals surface area contributed by atoms with Crippen molar-refractivity contribution in [3.63, 3.8) is 0 Å². The van der Waals surface area contributed by atoms with Crippen LogP contribution in [-0.4, -0.2) is 11.5 Å². The van der Waals surface area contributed by atoms with E-state index in [1.165, 1.54) is 18.2 Å². The van der Waals surface area contributed by atoms with Crippen LogP contribution in [0.5, 0.6) is 0 Å². The second kappa shape index (κ2) is 6.34. The maximum Gasteiger partial charge on any atom is 0.272 e. The molecule has 20 heavy (non-hydrogen) atoms. The van der Waals surface area contributed by atoms with Gasteiger partial charge in [0.2, 0.25) is 0 Å². The Hall–Kier alpha value is -2.14. The molecular weight excluding hydrogens is 283 g/mol. The molecule has 0 aromatic heterocycles. The van der Waals surface area contributed by atoms with E-state index >= 15 is 0 Å². The SMILES string of the molecule is O=[N+]([O-])c1ccccc1CCNc1ccc(Cl)cc1F. The van der Waals surface area contributed by atoms with Crippen LogP contribution in [0.15, 0.2) is 42.5 Å². The average Bonchev–Trinajstić information content (AvgIpc) is 2.41. The first-order valence-corrected chi connectivity index (χ1v) is 6.37. The van der Waals surface area contributed by atoms with Crippen LogP contribution in [0, 0.1) is 15.9 Å². The van der Waals surface area contributed by atoms with Crippen molar-refractivity contribution >= 4 is 23.0 Å². The molecule has 2 aromatic carbocycles. The lowest BCUT2D eigenvalue weighted by Gasteiger charge is -2.08. The quantitative estimate of drug-likeness (QED) is 0.669. The first kappa shape index (κ1) is 14.3. The highest BCUT2D eigenvalue weighted by molar-refractivity contribution is 6.30. The second-order valence-electron chi connectivity index (χ2n) is 4.19. The standard InChI is InChI=1S/C14H12ClFN2O2/c15-11-5-6-13(12(16)9-11)17-8-7-10-3-1-2-4-14(10)18(19)20/h1-6,9,17H,7-8H2. The Morgan fingerprint density at radius 2 is 2.00 bits per heavy atom. The number of anilines is 1. The Kier molecular flexibility index (Phi) is 4.53. The third kappa shape index (κ3) is 3.45. The smallest absolute Gasteiger partial charge is 0.272 e. The molecule has 0 aliphatic carbocycles. The van der Waals surface area contributed by atoms with E-state index in [9.17, 15) is 14.5 Å². The Morgan fingerprint density at radius 3 is 2.70 bits per heavy atom. The fourth-order valence-electron chi connectivity index (χ4n) is 1.87. The summed E-state index contributed by atoms with van der Waals surface area (Å²) in [6.07, 6.45) is 0.430. The molecule has 0 radical (unpaired) electrons. The average molecular weight is 295 g/mol. The number of hydrogen-bond donors (Lipinski definition) is 1. The van der Waals surface area contributed by atoms with Gasteiger partial charge in [-0.2, -0.15) is 0 Å². The summed E-state index contributed by atoms with van der Waals surface area (Å²) in [6, 6.07) is 10.8. The number of rotatable bonds is 5. The largest absolute Gasteiger partial charge is 0.382 e. The van der Waals surface area contributed by atoms with Gasteiger partial charge in [0.05, 0.1) is 10.6 Å². The zero-order valence-corrected chi connectivity index (χ0v) is 11.2. The molecule has 0 aliphatic rings. The highest BCUT2D eigenvalue weighted by Crippen LogP contribution is 2.20. The number of para-hydroxylation sites is 1. The summed E-state index contributed by atoms with van der Waals surface area (Å²) in [4.78, 5) is 10.4. The molecule has 0 spiro atoms. The number of nitro groups is 1. The van der Waals surface area contributed by atoms with E-state index < -0.39 is 10.7 Å². The minimum absolute atomic E-state index is 0.0749. The van der Waals surface area contributed by atoms with Gasteiger partial charge >= 0.3 is 0 Å². The summed E-state index contributed by atoms with van der Waals surface area (Å²) in [5.41, 5.74) is 1.01. The summed E-state index contributed by atoms with van der Waals surface area (Å²) in [5.74, 6) is -0.444. The van der Waals surface area contributed by atoms with Gasteiger partial charge in [0.25, 0.3) is 5.69 Å². The number of hydrogen-bond acceptors (Lipinski definition) is 3. The molecule has 0 saturated carbocycles. The topological polar surface area (TPSA) is 55.2 Å². The molecule has 4 nitrogen and oxygen atoms in total. The van der Waals surface area contributed by atoms with Crippen molar-refractivity contribution < 1.29 is 9.31 Å². The van der Waals surface area contributed by atoms with E-state index in [1.54, 1.807) is 24.3 Å². The van der Waals surface area contributed by atoms with E-state index in [2.05, 4.69) is 5.32 Å². The van der Waals surface area contributed by atoms with Gasteiger partial charge in [-0.25, -0.2) is 4.39 Å². The minimum Gasteiger partial charge on any atom is -0.382 e. The summed E-state index contributed by atoms with van der Waals surface area (Å²) in [6.45, 7) is 0.392. The number of halogens is 2. The fourth-order valence-corrected chi connectivity index (χ4v) is 2.02. The Balaban J connectivity index is 2.01. The van der Waals surface area contributed by atoms with E-state index in [0.717, 1.165) is 0 Å². The predicted molar refractivity (Wildman–Crippen MR) is 76.7 cm³/mol. The molecule has 0 heterocycles. The number of nitrogens with one attached hydrogen (secondary N) is 1. The third-order valence-corrected chi connectivity index (χ3v) is 3.06. The van der Waals surface area contributed by atoms with Gasteiger partial charge in [-0.05, 0) is 24.6 Å². The first-order valence-electron chi connectivity index (χ1n) is 5.99. The van der Waals surface area contributed by atoms with Crippen molar-refractivity contribution in [2.75, 3.05) is 11.9 Å². The monoisotopic (exact) mass is 294 g/mol. The molecule has 2 aromatic rings. The first-order chi connectivity index (χ1) is 9.58. The maximum absolute atomic E-state index is 13.5. The van der Waals surface area contributed by atoms with Crippen LogP contribution in [0.2, 0.25) is 5.02 Å². The maximum atomic E-state index is 13.5. The van der Waals surface area contributed by atoms with Crippen molar-refractivity contribution in [1.29, 1.82) is 0 Å². The summed E-state index contributed by atoms with van der Waals surface area (Å²) >= 11 is 5.66. The van der Waals surface area contributed by atoms with Crippen molar-refractivity contribution in [3.05, 3.63) is 69.0 Å². The second-order valence-corrected chi connectivity index (χ2v) is 4.62. The summed E-state index contributed by atoms with van der Waals surface area (Å²) in [5, 5.41) is 14.1. The molecular formula is C14H12ClFN2O2. The predicted octanol–water partition coefficient (Wildman–Crippen LogP) is 4.04. The van der Waals surface area contributed by atoms with Crippen LogP contribution < -0.4 is 5.32 Å². The fraction of sp³-hybridized carbons (Fsp3) is 0.143. The molecule has 0 atom stereocenters. The normalized spacial score (nSPS) is 10.3. The van der Waals surface area contributed by atoms with Crippen LogP contribution in [-0.2, 0) is 6.42 Å². The molecule has 0 bridgehead atoms. The third-order valence-electron chi connectivity index (χ3n) is 2.83. The van der Waals surface area contributed by atoms with Gasteiger partial charge in [0, 0.05) is 23.2 Å². The Morgan fingerprint density at radius 1 is 1.25 bits per heavy atom. The summed E-state index contributed by atoms with van der Waals surface area (Å²) < 4.78 is 13.5. The van der Waals surface area contributed by atoms with E-state index in [0.29, 0.717) is 29.2 Å². The van der Waals surface area contributed by atoms with Gasteiger partial charge in [-0.15, -0.1) is 0 Å². The molecule has 0 aliphatic heterocycles. The number of nitro benzene ring substituents is 1. The Labute approximate surface area is 120 Å². The number of benzene rings is 2. The van der Waals surface area contributed by atoms with Crippen LogP contribution in [0.3, 0.4) is 0 Å². The highest BCUT2D eigenvalue weighted by Gasteiger charge is 2.11. The zero-order valence-electron chi connectivity index (χ0n) is 10.5. The lowest BCUT2D eigenvalue weighted by molar-refractivity contribution is -0.385. The van der Waals surface area contributed by atoms with E-state index in [1.807, 2.05) is 0 Å². The molecule has 0 amide bonds. The van der Waals surface area contributed by atoms with Crippen LogP contribution >= 0.6 is 11.6 Å². The Bertz CT molecular complexity index is 634. The van der Waals surface area contributed by atoms with Crippen molar-refractivity contribution in [1.82, 2.24) is 0 Å². The molecule has 1 N–H and O–H groups in total. The molecule has 0 saturated heterocycles. The van der Waals surface area contributed by atoms with E-state index in [-0.39, 0.29) is 5.69 Å². The van der Waals surface area contributed by atoms with Crippen molar-refractivity contribution in [2.24, 2.45) is 0 Å². The lowest BCUT2D eigenvalue weighted by Crippen LogP contribution is -2.07. The van der Waals surface area contributed by atoms with Gasteiger partial charge < -0.3 is 5.32 Å². The van der Waals surface area contributed by atoms with E-state index in [4.69, 9.17) is 11.6 Å². The van der Waals surface area contributed by atoms with Crippen molar-refractivity contribution in [2.45, 2.75) is 6.42 Å². The van der Waals surface area contributed by atoms with Crippen LogP contribution in [0.1, 0.15) is 5.56 Å². The van der Waals surface area contributed by atoms with Gasteiger partial charge in [0.15, 0.2) is 0 Å². The van der Waals surface area contributed by atoms with Gasteiger partial charge in [-0.1, -0.05) is 29.8 Å². The highest BCUT2D eigenvalue weighted by atomic mass is 35.5. The zero-order chi connectivity index (χ0) is 14.5. The molecule has 2 rings (SSSR count). The molecule has 104 valence electrons. The number of nitrogens with zero attached hydrogens (tertiary/aromatic N) is 1. The molecule has 6 heteroatoms. The van der Waals surface area contributed by atoms with Crippen LogP contribution in [0.4, 0.5) is 15.8 Å².